The molecule has 1 aromatic heterocycles. The fourth-order valence-electron chi connectivity index (χ4n) is 2.93. The van der Waals surface area contributed by atoms with Gasteiger partial charge in [0.15, 0.2) is 0 Å². The monoisotopic (exact) mass is 328 g/mol. The number of hydrogen-bond donors (Lipinski definition) is 1. The van der Waals surface area contributed by atoms with E-state index in [0.29, 0.717) is 18.4 Å². The molecule has 1 N–H and O–H groups in total. The first kappa shape index (κ1) is 16.4. The molecule has 0 unspecified atom stereocenters. The first-order chi connectivity index (χ1) is 11.7. The van der Waals surface area contributed by atoms with Crippen LogP contribution in [0.1, 0.15) is 24.8 Å². The van der Waals surface area contributed by atoms with Gasteiger partial charge in [0.05, 0.1) is 0 Å². The van der Waals surface area contributed by atoms with Crippen LogP contribution in [0.15, 0.2) is 42.7 Å². The molecule has 0 radical (unpaired) electrons. The van der Waals surface area contributed by atoms with Gasteiger partial charge in [0, 0.05) is 37.9 Å². The molecule has 0 atom stereocenters. The van der Waals surface area contributed by atoms with Crippen molar-refractivity contribution in [2.24, 2.45) is 0 Å². The Morgan fingerprint density at radius 1 is 1.17 bits per heavy atom. The second kappa shape index (κ2) is 7.86. The van der Waals surface area contributed by atoms with Crippen molar-refractivity contribution in [2.45, 2.75) is 31.7 Å². The Kier molecular flexibility index (Phi) is 5.36. The number of carbonyl (C=O) groups is 1. The molecule has 0 spiro atoms. The second-order valence-electron chi connectivity index (χ2n) is 5.97. The summed E-state index contributed by atoms with van der Waals surface area (Å²) < 4.78 is 13.6. The third kappa shape index (κ3) is 4.28. The zero-order chi connectivity index (χ0) is 16.8. The lowest BCUT2D eigenvalue weighted by atomic mass is 10.0. The zero-order valence-electron chi connectivity index (χ0n) is 13.5. The quantitative estimate of drug-likeness (QED) is 0.915. The van der Waals surface area contributed by atoms with E-state index in [2.05, 4.69) is 20.2 Å². The van der Waals surface area contributed by atoms with E-state index in [1.165, 1.54) is 6.07 Å². The maximum absolute atomic E-state index is 13.6. The molecule has 0 aliphatic carbocycles. The molecule has 6 heteroatoms. The predicted molar refractivity (Wildman–Crippen MR) is 90.1 cm³/mol. The normalized spacial score (nSPS) is 15.3. The van der Waals surface area contributed by atoms with Gasteiger partial charge in [-0.25, -0.2) is 14.4 Å². The van der Waals surface area contributed by atoms with Crippen LogP contribution in [0, 0.1) is 5.82 Å². The largest absolute Gasteiger partial charge is 0.353 e. The van der Waals surface area contributed by atoms with E-state index in [-0.39, 0.29) is 17.8 Å². The van der Waals surface area contributed by atoms with Crippen molar-refractivity contribution < 1.29 is 9.18 Å². The summed E-state index contributed by atoms with van der Waals surface area (Å²) in [6.45, 7) is 1.64. The Labute approximate surface area is 140 Å². The van der Waals surface area contributed by atoms with Crippen LogP contribution < -0.4 is 10.2 Å². The van der Waals surface area contributed by atoms with Gasteiger partial charge >= 0.3 is 0 Å². The van der Waals surface area contributed by atoms with Crippen molar-refractivity contribution in [3.05, 3.63) is 54.1 Å². The highest BCUT2D eigenvalue weighted by molar-refractivity contribution is 5.76. The van der Waals surface area contributed by atoms with Crippen molar-refractivity contribution in [3.8, 4) is 0 Å². The Balaban J connectivity index is 1.43. The third-order valence-electron chi connectivity index (χ3n) is 4.27. The number of aromatic nitrogens is 2. The van der Waals surface area contributed by atoms with E-state index in [4.69, 9.17) is 0 Å². The van der Waals surface area contributed by atoms with E-state index in [1.807, 2.05) is 0 Å². The second-order valence-corrected chi connectivity index (χ2v) is 5.97. The third-order valence-corrected chi connectivity index (χ3v) is 4.27. The fraction of sp³-hybridized carbons (Fsp3) is 0.389. The molecule has 5 nitrogen and oxygen atoms in total. The van der Waals surface area contributed by atoms with E-state index in [0.717, 1.165) is 31.9 Å². The number of piperidine rings is 1. The maximum Gasteiger partial charge on any atom is 0.225 e. The summed E-state index contributed by atoms with van der Waals surface area (Å²) >= 11 is 0. The molecule has 1 aliphatic heterocycles. The minimum absolute atomic E-state index is 0.0207. The summed E-state index contributed by atoms with van der Waals surface area (Å²) in [6.07, 6.45) is 5.93. The van der Waals surface area contributed by atoms with Crippen molar-refractivity contribution in [1.29, 1.82) is 0 Å². The number of rotatable bonds is 5. The Bertz CT molecular complexity index is 672. The fourth-order valence-corrected chi connectivity index (χ4v) is 2.93. The summed E-state index contributed by atoms with van der Waals surface area (Å²) in [4.78, 5) is 22.7. The number of anilines is 1. The van der Waals surface area contributed by atoms with E-state index in [1.54, 1.807) is 36.7 Å². The van der Waals surface area contributed by atoms with Crippen LogP contribution in [-0.2, 0) is 11.2 Å². The molecule has 2 heterocycles. The topological polar surface area (TPSA) is 58.1 Å². The Morgan fingerprint density at radius 2 is 1.88 bits per heavy atom. The first-order valence-electron chi connectivity index (χ1n) is 8.27. The molecule has 126 valence electrons. The summed E-state index contributed by atoms with van der Waals surface area (Å²) in [5, 5.41) is 3.05. The highest BCUT2D eigenvalue weighted by Crippen LogP contribution is 2.15. The van der Waals surface area contributed by atoms with Crippen molar-refractivity contribution in [3.63, 3.8) is 0 Å². The summed E-state index contributed by atoms with van der Waals surface area (Å²) in [5.74, 6) is 0.468. The molecule has 1 saturated heterocycles. The predicted octanol–water partition coefficient (Wildman–Crippen LogP) is 2.33. The smallest absolute Gasteiger partial charge is 0.225 e. The van der Waals surface area contributed by atoms with E-state index >= 15 is 0 Å². The van der Waals surface area contributed by atoms with Gasteiger partial charge in [-0.2, -0.15) is 0 Å². The van der Waals surface area contributed by atoms with Gasteiger partial charge < -0.3 is 10.2 Å². The van der Waals surface area contributed by atoms with Gasteiger partial charge in [0.25, 0.3) is 0 Å². The Hall–Kier alpha value is -2.50. The maximum atomic E-state index is 13.6. The summed E-state index contributed by atoms with van der Waals surface area (Å²) in [5.41, 5.74) is 0.587. The number of aryl methyl sites for hydroxylation is 1. The first-order valence-corrected chi connectivity index (χ1v) is 8.27. The molecule has 1 fully saturated rings. The van der Waals surface area contributed by atoms with Crippen molar-refractivity contribution >= 4 is 11.9 Å². The lowest BCUT2D eigenvalue weighted by Crippen LogP contribution is -2.45. The molecule has 1 amide bonds. The van der Waals surface area contributed by atoms with Crippen LogP contribution in [0.4, 0.5) is 10.3 Å². The molecule has 2 aromatic rings. The number of benzene rings is 1. The molecule has 24 heavy (non-hydrogen) atoms. The number of hydrogen-bond acceptors (Lipinski definition) is 4. The molecular formula is C18H21FN4O. The average molecular weight is 328 g/mol. The van der Waals surface area contributed by atoms with Gasteiger partial charge in [-0.3, -0.25) is 4.79 Å². The molecule has 1 aromatic carbocycles. The van der Waals surface area contributed by atoms with Crippen LogP contribution in [-0.4, -0.2) is 35.0 Å². The lowest BCUT2D eigenvalue weighted by Gasteiger charge is -2.32. The van der Waals surface area contributed by atoms with Crippen LogP contribution in [0.25, 0.3) is 0 Å². The zero-order valence-corrected chi connectivity index (χ0v) is 13.5. The lowest BCUT2D eigenvalue weighted by molar-refractivity contribution is -0.121. The highest BCUT2D eigenvalue weighted by atomic mass is 19.1. The van der Waals surface area contributed by atoms with Crippen molar-refractivity contribution in [1.82, 2.24) is 15.3 Å². The molecule has 3 rings (SSSR count). The number of nitrogens with zero attached hydrogens (tertiary/aromatic N) is 3. The van der Waals surface area contributed by atoms with E-state index in [9.17, 15) is 9.18 Å². The molecular weight excluding hydrogens is 307 g/mol. The van der Waals surface area contributed by atoms with Gasteiger partial charge in [0.2, 0.25) is 11.9 Å². The highest BCUT2D eigenvalue weighted by Gasteiger charge is 2.22. The van der Waals surface area contributed by atoms with Crippen LogP contribution in [0.2, 0.25) is 0 Å². The van der Waals surface area contributed by atoms with Crippen LogP contribution >= 0.6 is 0 Å². The summed E-state index contributed by atoms with van der Waals surface area (Å²) in [7, 11) is 0. The molecule has 0 bridgehead atoms. The van der Waals surface area contributed by atoms with E-state index < -0.39 is 0 Å². The number of amides is 1. The minimum Gasteiger partial charge on any atom is -0.353 e. The van der Waals surface area contributed by atoms with Gasteiger partial charge in [-0.15, -0.1) is 0 Å². The average Bonchev–Trinajstić information content (AvgIpc) is 2.62. The standard InChI is InChI=1S/C18H21FN4O/c19-16-5-2-1-4-14(16)6-7-17(24)22-15-8-12-23(13-9-15)18-20-10-3-11-21-18/h1-5,10-11,15H,6-9,12-13H2,(H,22,24). The van der Waals surface area contributed by atoms with Crippen molar-refractivity contribution in [2.75, 3.05) is 18.0 Å². The molecule has 0 saturated carbocycles. The number of carbonyl (C=O) groups excluding carboxylic acids is 1. The van der Waals surface area contributed by atoms with Gasteiger partial charge in [0.1, 0.15) is 5.82 Å². The SMILES string of the molecule is O=C(CCc1ccccc1F)NC1CCN(c2ncccn2)CC1. The van der Waals surface area contributed by atoms with Crippen LogP contribution in [0.3, 0.4) is 0 Å². The summed E-state index contributed by atoms with van der Waals surface area (Å²) in [6, 6.07) is 8.56. The number of halogens is 1. The number of nitrogens with one attached hydrogen (secondary N) is 1. The van der Waals surface area contributed by atoms with Crippen LogP contribution in [0.5, 0.6) is 0 Å². The van der Waals surface area contributed by atoms with Gasteiger partial charge in [-0.05, 0) is 37.0 Å². The minimum atomic E-state index is -0.249. The molecule has 1 aliphatic rings. The van der Waals surface area contributed by atoms with Gasteiger partial charge in [-0.1, -0.05) is 18.2 Å². The Morgan fingerprint density at radius 3 is 2.58 bits per heavy atom.